The highest BCUT2D eigenvalue weighted by Crippen LogP contribution is 2.10. The molecule has 0 aromatic carbocycles. The predicted molar refractivity (Wildman–Crippen MR) is 73.1 cm³/mol. The van der Waals surface area contributed by atoms with Gasteiger partial charge in [-0.15, -0.1) is 0 Å². The van der Waals surface area contributed by atoms with E-state index in [1.54, 1.807) is 11.8 Å². The van der Waals surface area contributed by atoms with Crippen molar-refractivity contribution in [1.29, 1.82) is 5.26 Å². The molecule has 0 aliphatic carbocycles. The monoisotopic (exact) mass is 268 g/mol. The zero-order chi connectivity index (χ0) is 13.9. The van der Waals surface area contributed by atoms with E-state index in [9.17, 15) is 9.59 Å². The summed E-state index contributed by atoms with van der Waals surface area (Å²) in [4.78, 5) is 23.6. The van der Waals surface area contributed by atoms with Gasteiger partial charge in [0.2, 0.25) is 0 Å². The summed E-state index contributed by atoms with van der Waals surface area (Å²) in [7, 11) is 2.90. The number of nitrogens with one attached hydrogen (secondary N) is 1. The molecule has 18 heavy (non-hydrogen) atoms. The van der Waals surface area contributed by atoms with E-state index in [1.807, 2.05) is 19.2 Å². The van der Waals surface area contributed by atoms with Crippen molar-refractivity contribution in [1.82, 2.24) is 9.13 Å². The Hall–Kier alpha value is -1.68. The summed E-state index contributed by atoms with van der Waals surface area (Å²) in [5, 5.41) is 12.1. The predicted octanol–water partition coefficient (Wildman–Crippen LogP) is 0.119. The molecule has 1 aromatic heterocycles. The molecular weight excluding hydrogens is 252 g/mol. The van der Waals surface area contributed by atoms with Gasteiger partial charge < -0.3 is 5.32 Å². The van der Waals surface area contributed by atoms with E-state index in [1.165, 1.54) is 18.7 Å². The van der Waals surface area contributed by atoms with Crippen molar-refractivity contribution in [2.75, 3.05) is 17.3 Å². The van der Waals surface area contributed by atoms with E-state index in [0.717, 1.165) is 10.3 Å². The number of thioether (sulfide) groups is 1. The molecule has 1 atom stereocenters. The lowest BCUT2D eigenvalue weighted by atomic mass is 10.3. The highest BCUT2D eigenvalue weighted by atomic mass is 32.2. The maximum absolute atomic E-state index is 11.8. The highest BCUT2D eigenvalue weighted by molar-refractivity contribution is 7.98. The Morgan fingerprint density at radius 3 is 2.50 bits per heavy atom. The lowest BCUT2D eigenvalue weighted by Crippen LogP contribution is -2.40. The fourth-order valence-corrected chi connectivity index (χ4v) is 2.22. The molecule has 98 valence electrons. The molecule has 1 rings (SSSR count). The molecule has 1 N–H and O–H groups in total. The van der Waals surface area contributed by atoms with Crippen molar-refractivity contribution in [2.45, 2.75) is 13.0 Å². The Labute approximate surface area is 109 Å². The Bertz CT molecular complexity index is 597. The van der Waals surface area contributed by atoms with Gasteiger partial charge in [-0.3, -0.25) is 13.9 Å². The van der Waals surface area contributed by atoms with Gasteiger partial charge in [-0.05, 0) is 13.2 Å². The Morgan fingerprint density at radius 1 is 1.39 bits per heavy atom. The van der Waals surface area contributed by atoms with Crippen LogP contribution in [0.5, 0.6) is 0 Å². The Morgan fingerprint density at radius 2 is 2.00 bits per heavy atom. The lowest BCUT2D eigenvalue weighted by molar-refractivity contribution is 0.680. The quantitative estimate of drug-likeness (QED) is 0.839. The minimum Gasteiger partial charge on any atom is -0.367 e. The van der Waals surface area contributed by atoms with Crippen molar-refractivity contribution < 1.29 is 0 Å². The van der Waals surface area contributed by atoms with Crippen LogP contribution in [0, 0.1) is 11.3 Å². The van der Waals surface area contributed by atoms with Gasteiger partial charge in [-0.2, -0.15) is 17.0 Å². The van der Waals surface area contributed by atoms with Crippen LogP contribution in [-0.2, 0) is 14.1 Å². The molecule has 0 aliphatic heterocycles. The number of nitrogens with zero attached hydrogens (tertiary/aromatic N) is 3. The number of anilines is 1. The molecular formula is C11H16N4O2S. The van der Waals surface area contributed by atoms with Gasteiger partial charge in [0.25, 0.3) is 5.56 Å². The number of hydrogen-bond donors (Lipinski definition) is 1. The Kier molecular flexibility index (Phi) is 4.62. The van der Waals surface area contributed by atoms with Crippen LogP contribution in [0.4, 0.5) is 5.82 Å². The van der Waals surface area contributed by atoms with E-state index in [-0.39, 0.29) is 17.4 Å². The molecule has 0 saturated heterocycles. The van der Waals surface area contributed by atoms with Crippen molar-refractivity contribution in [3.05, 3.63) is 26.4 Å². The van der Waals surface area contributed by atoms with Gasteiger partial charge in [0.05, 0.1) is 0 Å². The number of hydrogen-bond acceptors (Lipinski definition) is 5. The fourth-order valence-electron chi connectivity index (χ4n) is 1.64. The molecule has 0 spiro atoms. The number of rotatable bonds is 4. The van der Waals surface area contributed by atoms with Gasteiger partial charge in [-0.1, -0.05) is 0 Å². The molecule has 6 nitrogen and oxygen atoms in total. The van der Waals surface area contributed by atoms with E-state index in [4.69, 9.17) is 5.26 Å². The van der Waals surface area contributed by atoms with Crippen molar-refractivity contribution in [2.24, 2.45) is 14.1 Å². The van der Waals surface area contributed by atoms with Crippen LogP contribution in [0.15, 0.2) is 9.59 Å². The zero-order valence-electron chi connectivity index (χ0n) is 10.9. The van der Waals surface area contributed by atoms with Gasteiger partial charge in [0.15, 0.2) is 5.56 Å². The Balaban J connectivity index is 3.40. The molecule has 0 bridgehead atoms. The topological polar surface area (TPSA) is 79.8 Å². The highest BCUT2D eigenvalue weighted by Gasteiger charge is 2.16. The molecule has 1 unspecified atom stereocenters. The summed E-state index contributed by atoms with van der Waals surface area (Å²) in [5.41, 5.74) is -1.05. The first-order valence-electron chi connectivity index (χ1n) is 5.39. The van der Waals surface area contributed by atoms with Gasteiger partial charge in [-0.25, -0.2) is 4.79 Å². The summed E-state index contributed by atoms with van der Waals surface area (Å²) in [6.07, 6.45) is 1.96. The van der Waals surface area contributed by atoms with Crippen LogP contribution >= 0.6 is 11.8 Å². The average Bonchev–Trinajstić information content (AvgIpc) is 2.34. The second-order valence-electron chi connectivity index (χ2n) is 4.04. The van der Waals surface area contributed by atoms with E-state index in [0.29, 0.717) is 0 Å². The molecule has 1 heterocycles. The molecule has 1 aromatic rings. The van der Waals surface area contributed by atoms with E-state index < -0.39 is 11.2 Å². The third-order valence-corrected chi connectivity index (χ3v) is 3.41. The molecule has 0 radical (unpaired) electrons. The minimum atomic E-state index is -0.570. The normalized spacial score (nSPS) is 11.9. The zero-order valence-corrected chi connectivity index (χ0v) is 11.7. The largest absolute Gasteiger partial charge is 0.367 e. The van der Waals surface area contributed by atoms with Gasteiger partial charge in [0, 0.05) is 25.9 Å². The summed E-state index contributed by atoms with van der Waals surface area (Å²) >= 11 is 1.64. The number of aromatic nitrogens is 2. The fraction of sp³-hybridized carbons (Fsp3) is 0.545. The summed E-state index contributed by atoms with van der Waals surface area (Å²) in [6, 6.07) is 1.92. The lowest BCUT2D eigenvalue weighted by Gasteiger charge is -2.18. The molecule has 0 fully saturated rings. The third kappa shape index (κ3) is 2.59. The van der Waals surface area contributed by atoms with Crippen molar-refractivity contribution in [3.63, 3.8) is 0 Å². The van der Waals surface area contributed by atoms with Crippen LogP contribution in [-0.4, -0.2) is 27.2 Å². The van der Waals surface area contributed by atoms with Gasteiger partial charge in [0.1, 0.15) is 11.9 Å². The first-order valence-corrected chi connectivity index (χ1v) is 6.79. The summed E-state index contributed by atoms with van der Waals surface area (Å²) < 4.78 is 2.22. The molecule has 0 amide bonds. The molecule has 0 saturated carbocycles. The van der Waals surface area contributed by atoms with E-state index >= 15 is 0 Å². The SMILES string of the molecule is CSCC(C)Nc1c(C#N)c(=O)n(C)c(=O)n1C. The van der Waals surface area contributed by atoms with Crippen LogP contribution in [0.25, 0.3) is 0 Å². The third-order valence-electron chi connectivity index (χ3n) is 2.58. The minimum absolute atomic E-state index is 0.0347. The molecule has 7 heteroatoms. The maximum atomic E-state index is 11.8. The van der Waals surface area contributed by atoms with Crippen LogP contribution in [0.3, 0.4) is 0 Å². The summed E-state index contributed by atoms with van der Waals surface area (Å²) in [6.45, 7) is 1.93. The first-order chi connectivity index (χ1) is 8.43. The van der Waals surface area contributed by atoms with Crippen molar-refractivity contribution in [3.8, 4) is 6.07 Å². The smallest absolute Gasteiger partial charge is 0.332 e. The van der Waals surface area contributed by atoms with Crippen molar-refractivity contribution >= 4 is 17.6 Å². The van der Waals surface area contributed by atoms with E-state index in [2.05, 4.69) is 5.32 Å². The summed E-state index contributed by atoms with van der Waals surface area (Å²) in [5.74, 6) is 1.10. The second kappa shape index (κ2) is 5.78. The standard InChI is InChI=1S/C11H16N4O2S/c1-7(6-18-4)13-9-8(5-12)10(16)15(3)11(17)14(9)2/h7,13H,6H2,1-4H3. The molecule has 0 aliphatic rings. The second-order valence-corrected chi connectivity index (χ2v) is 4.95. The first kappa shape index (κ1) is 14.4. The van der Waals surface area contributed by atoms with Crippen LogP contribution in [0.2, 0.25) is 0 Å². The van der Waals surface area contributed by atoms with Crippen LogP contribution < -0.4 is 16.6 Å². The number of nitriles is 1. The maximum Gasteiger partial charge on any atom is 0.332 e. The average molecular weight is 268 g/mol. The van der Waals surface area contributed by atoms with Crippen LogP contribution in [0.1, 0.15) is 12.5 Å². The van der Waals surface area contributed by atoms with Gasteiger partial charge >= 0.3 is 5.69 Å².